The molecule has 0 amide bonds. The Morgan fingerprint density at radius 1 is 1.14 bits per heavy atom. The maximum absolute atomic E-state index is 12.6. The fraction of sp³-hybridized carbons (Fsp3) is 0.643. The van der Waals surface area contributed by atoms with Crippen LogP contribution in [0.25, 0.3) is 0 Å². The molecule has 1 atom stereocenters. The quantitative estimate of drug-likeness (QED) is 0.840. The number of ether oxygens (including phenoxy) is 1. The van der Waals surface area contributed by atoms with Crippen LogP contribution < -0.4 is 4.74 Å². The van der Waals surface area contributed by atoms with E-state index in [1.165, 1.54) is 0 Å². The summed E-state index contributed by atoms with van der Waals surface area (Å²) in [4.78, 5) is 4.00. The van der Waals surface area contributed by atoms with Gasteiger partial charge < -0.3 is 4.74 Å². The minimum Gasteiger partial charge on any atom is -0.487 e. The lowest BCUT2D eigenvalue weighted by atomic mass is 10.2. The van der Waals surface area contributed by atoms with Crippen LogP contribution in [0.2, 0.25) is 0 Å². The summed E-state index contributed by atoms with van der Waals surface area (Å²) in [5.41, 5.74) is 0. The number of nitrogens with zero attached hydrogens (tertiary/aromatic N) is 3. The van der Waals surface area contributed by atoms with E-state index in [4.69, 9.17) is 4.74 Å². The first-order valence-corrected chi connectivity index (χ1v) is 8.88. The van der Waals surface area contributed by atoms with E-state index in [2.05, 4.69) is 4.98 Å². The van der Waals surface area contributed by atoms with Crippen molar-refractivity contribution in [2.24, 2.45) is 0 Å². The van der Waals surface area contributed by atoms with Gasteiger partial charge in [0.2, 0.25) is 0 Å². The van der Waals surface area contributed by atoms with Crippen molar-refractivity contribution in [1.82, 2.24) is 13.6 Å². The lowest BCUT2D eigenvalue weighted by Crippen LogP contribution is -2.45. The Morgan fingerprint density at radius 2 is 1.95 bits per heavy atom. The van der Waals surface area contributed by atoms with Crippen molar-refractivity contribution >= 4 is 10.2 Å². The van der Waals surface area contributed by atoms with Gasteiger partial charge in [-0.3, -0.25) is 4.98 Å². The zero-order chi connectivity index (χ0) is 14.7. The topological polar surface area (TPSA) is 62.7 Å². The Hall–Kier alpha value is -1.18. The van der Waals surface area contributed by atoms with Gasteiger partial charge in [-0.1, -0.05) is 6.42 Å². The van der Waals surface area contributed by atoms with Gasteiger partial charge in [0.1, 0.15) is 11.9 Å². The fourth-order valence-corrected chi connectivity index (χ4v) is 4.61. The highest BCUT2D eigenvalue weighted by Crippen LogP contribution is 2.23. The number of piperidine rings is 1. The molecule has 2 aliphatic rings. The maximum Gasteiger partial charge on any atom is 0.282 e. The molecule has 1 aromatic heterocycles. The third-order valence-corrected chi connectivity index (χ3v) is 6.01. The largest absolute Gasteiger partial charge is 0.487 e. The predicted octanol–water partition coefficient (Wildman–Crippen LogP) is 1.27. The van der Waals surface area contributed by atoms with Crippen LogP contribution in [0.4, 0.5) is 0 Å². The van der Waals surface area contributed by atoms with Crippen molar-refractivity contribution in [1.29, 1.82) is 0 Å². The van der Waals surface area contributed by atoms with Gasteiger partial charge in [0.05, 0.1) is 12.7 Å². The summed E-state index contributed by atoms with van der Waals surface area (Å²) < 4.78 is 34.1. The van der Waals surface area contributed by atoms with E-state index < -0.39 is 10.2 Å². The SMILES string of the molecule is O=S(=O)(N1CCCCC1)N1CCC(Oc2cccnc2)C1. The molecule has 116 valence electrons. The molecule has 2 fully saturated rings. The van der Waals surface area contributed by atoms with Gasteiger partial charge in [0.15, 0.2) is 0 Å². The first kappa shape index (κ1) is 14.7. The van der Waals surface area contributed by atoms with Crippen LogP contribution in [0.3, 0.4) is 0 Å². The Kier molecular flexibility index (Phi) is 4.42. The summed E-state index contributed by atoms with van der Waals surface area (Å²) in [5, 5.41) is 0. The molecular formula is C14H21N3O3S. The van der Waals surface area contributed by atoms with Crippen LogP contribution in [0, 0.1) is 0 Å². The second-order valence-corrected chi connectivity index (χ2v) is 7.47. The molecule has 0 spiro atoms. The molecule has 0 bridgehead atoms. The van der Waals surface area contributed by atoms with Crippen LogP contribution in [-0.4, -0.2) is 54.3 Å². The van der Waals surface area contributed by atoms with Crippen molar-refractivity contribution in [3.63, 3.8) is 0 Å². The normalized spacial score (nSPS) is 25.0. The Bertz CT molecular complexity index is 558. The van der Waals surface area contributed by atoms with Gasteiger partial charge in [-0.15, -0.1) is 0 Å². The molecule has 7 heteroatoms. The summed E-state index contributed by atoms with van der Waals surface area (Å²) in [6.45, 7) is 2.25. The van der Waals surface area contributed by atoms with Gasteiger partial charge in [-0.25, -0.2) is 0 Å². The van der Waals surface area contributed by atoms with E-state index in [0.29, 0.717) is 31.9 Å². The molecular weight excluding hydrogens is 290 g/mol. The zero-order valence-corrected chi connectivity index (χ0v) is 12.8. The van der Waals surface area contributed by atoms with E-state index in [0.717, 1.165) is 25.7 Å². The average Bonchev–Trinajstić information content (AvgIpc) is 2.98. The molecule has 1 unspecified atom stereocenters. The van der Waals surface area contributed by atoms with Crippen molar-refractivity contribution in [2.45, 2.75) is 31.8 Å². The summed E-state index contributed by atoms with van der Waals surface area (Å²) in [6, 6.07) is 3.65. The first-order chi connectivity index (χ1) is 10.2. The lowest BCUT2D eigenvalue weighted by Gasteiger charge is -2.30. The van der Waals surface area contributed by atoms with Crippen molar-refractivity contribution in [3.8, 4) is 5.75 Å². The Balaban J connectivity index is 1.61. The second-order valence-electron chi connectivity index (χ2n) is 5.54. The molecule has 1 aromatic rings. The molecule has 0 N–H and O–H groups in total. The van der Waals surface area contributed by atoms with Gasteiger partial charge >= 0.3 is 0 Å². The third kappa shape index (κ3) is 3.36. The van der Waals surface area contributed by atoms with Crippen LogP contribution in [0.1, 0.15) is 25.7 Å². The second kappa shape index (κ2) is 6.29. The molecule has 0 aromatic carbocycles. The smallest absolute Gasteiger partial charge is 0.282 e. The van der Waals surface area contributed by atoms with E-state index in [1.807, 2.05) is 12.1 Å². The number of hydrogen-bond donors (Lipinski definition) is 0. The molecule has 0 saturated carbocycles. The molecule has 0 aliphatic carbocycles. The minimum atomic E-state index is -3.32. The highest BCUT2D eigenvalue weighted by molar-refractivity contribution is 7.86. The highest BCUT2D eigenvalue weighted by atomic mass is 32.2. The van der Waals surface area contributed by atoms with Gasteiger partial charge in [-0.05, 0) is 31.4 Å². The molecule has 0 radical (unpaired) electrons. The molecule has 6 nitrogen and oxygen atoms in total. The van der Waals surface area contributed by atoms with Crippen LogP contribution in [0.15, 0.2) is 24.5 Å². The predicted molar refractivity (Wildman–Crippen MR) is 79.2 cm³/mol. The minimum absolute atomic E-state index is 0.0891. The molecule has 3 heterocycles. The Labute approximate surface area is 125 Å². The average molecular weight is 311 g/mol. The summed E-state index contributed by atoms with van der Waals surface area (Å²) >= 11 is 0. The van der Waals surface area contributed by atoms with E-state index >= 15 is 0 Å². The van der Waals surface area contributed by atoms with E-state index in [1.54, 1.807) is 21.0 Å². The number of rotatable bonds is 4. The molecule has 21 heavy (non-hydrogen) atoms. The molecule has 2 aliphatic heterocycles. The van der Waals surface area contributed by atoms with Crippen LogP contribution in [-0.2, 0) is 10.2 Å². The van der Waals surface area contributed by atoms with Gasteiger partial charge in [0.25, 0.3) is 10.2 Å². The monoisotopic (exact) mass is 311 g/mol. The van der Waals surface area contributed by atoms with E-state index in [9.17, 15) is 8.42 Å². The van der Waals surface area contributed by atoms with Gasteiger partial charge in [-0.2, -0.15) is 17.0 Å². The summed E-state index contributed by atoms with van der Waals surface area (Å²) in [6.07, 6.45) is 7.02. The molecule has 3 rings (SSSR count). The van der Waals surface area contributed by atoms with Crippen molar-refractivity contribution in [2.75, 3.05) is 26.2 Å². The standard InChI is InChI=1S/C14H21N3O3S/c18-21(19,16-8-2-1-3-9-16)17-10-6-14(12-17)20-13-5-4-7-15-11-13/h4-5,7,11,14H,1-3,6,8-10,12H2. The highest BCUT2D eigenvalue weighted by Gasteiger charge is 2.36. The third-order valence-electron chi connectivity index (χ3n) is 4.01. The zero-order valence-electron chi connectivity index (χ0n) is 12.0. The summed E-state index contributed by atoms with van der Waals surface area (Å²) in [7, 11) is -3.32. The molecule has 2 saturated heterocycles. The van der Waals surface area contributed by atoms with Crippen LogP contribution >= 0.6 is 0 Å². The van der Waals surface area contributed by atoms with Gasteiger partial charge in [0, 0.05) is 25.8 Å². The lowest BCUT2D eigenvalue weighted by molar-refractivity contribution is 0.212. The van der Waals surface area contributed by atoms with E-state index in [-0.39, 0.29) is 6.10 Å². The summed E-state index contributed by atoms with van der Waals surface area (Å²) in [5.74, 6) is 0.694. The number of hydrogen-bond acceptors (Lipinski definition) is 4. The maximum atomic E-state index is 12.6. The Morgan fingerprint density at radius 3 is 2.67 bits per heavy atom. The number of aromatic nitrogens is 1. The van der Waals surface area contributed by atoms with Crippen molar-refractivity contribution < 1.29 is 13.2 Å². The fourth-order valence-electron chi connectivity index (χ4n) is 2.87. The number of pyridine rings is 1. The first-order valence-electron chi connectivity index (χ1n) is 7.48. The van der Waals surface area contributed by atoms with Crippen molar-refractivity contribution in [3.05, 3.63) is 24.5 Å². The van der Waals surface area contributed by atoms with Crippen LogP contribution in [0.5, 0.6) is 5.75 Å².